The van der Waals surface area contributed by atoms with Crippen LogP contribution in [-0.4, -0.2) is 68.5 Å². The molecule has 2 heterocycles. The molecule has 0 aromatic heterocycles. The van der Waals surface area contributed by atoms with Crippen LogP contribution in [-0.2, 0) is 19.6 Å². The number of nitrogens with zero attached hydrogens (tertiary/aromatic N) is 2. The average molecular weight is 478 g/mol. The molecule has 2 aliphatic rings. The van der Waals surface area contributed by atoms with Crippen LogP contribution in [0.1, 0.15) is 32.1 Å². The van der Waals surface area contributed by atoms with Crippen molar-refractivity contribution in [1.82, 2.24) is 14.5 Å². The van der Waals surface area contributed by atoms with Crippen molar-refractivity contribution >= 4 is 21.8 Å². The number of piperidine rings is 1. The van der Waals surface area contributed by atoms with Crippen molar-refractivity contribution in [1.29, 1.82) is 0 Å². The standard InChI is InChI=1S/C20H26F3N3O5S/c21-20(22,23)31-16-4-3-5-17(14-16)32(29,30)26-12-7-15(8-13-26)19(28)24-9-6-18(27)25-10-1-2-11-25/h3-5,14-15H,1-2,6-13H2,(H,24,28). The Morgan fingerprint density at radius 3 is 2.38 bits per heavy atom. The molecule has 0 saturated carbocycles. The fourth-order valence-electron chi connectivity index (χ4n) is 3.90. The zero-order valence-corrected chi connectivity index (χ0v) is 18.3. The first-order valence-corrected chi connectivity index (χ1v) is 11.9. The molecular weight excluding hydrogens is 451 g/mol. The molecular formula is C20H26F3N3O5S. The lowest BCUT2D eigenvalue weighted by Crippen LogP contribution is -2.43. The highest BCUT2D eigenvalue weighted by molar-refractivity contribution is 7.89. The van der Waals surface area contributed by atoms with Crippen molar-refractivity contribution in [3.8, 4) is 5.75 Å². The minimum Gasteiger partial charge on any atom is -0.406 e. The number of carbonyl (C=O) groups is 2. The molecule has 2 aliphatic heterocycles. The van der Waals surface area contributed by atoms with Gasteiger partial charge in [-0.3, -0.25) is 9.59 Å². The van der Waals surface area contributed by atoms with Gasteiger partial charge in [-0.2, -0.15) is 4.31 Å². The van der Waals surface area contributed by atoms with E-state index < -0.39 is 22.1 Å². The van der Waals surface area contributed by atoms with E-state index in [1.54, 1.807) is 4.90 Å². The van der Waals surface area contributed by atoms with Gasteiger partial charge in [0.15, 0.2) is 0 Å². The Labute approximate surface area is 184 Å². The van der Waals surface area contributed by atoms with Crippen molar-refractivity contribution in [3.05, 3.63) is 24.3 Å². The minimum absolute atomic E-state index is 0.0143. The molecule has 1 N–H and O–H groups in total. The third-order valence-corrected chi connectivity index (χ3v) is 7.49. The molecule has 0 bridgehead atoms. The highest BCUT2D eigenvalue weighted by Gasteiger charge is 2.34. The first-order chi connectivity index (χ1) is 15.1. The topological polar surface area (TPSA) is 96.0 Å². The van der Waals surface area contributed by atoms with E-state index in [2.05, 4.69) is 10.1 Å². The Bertz CT molecular complexity index is 925. The number of carbonyl (C=O) groups excluding carboxylic acids is 2. The van der Waals surface area contributed by atoms with Crippen molar-refractivity contribution in [2.24, 2.45) is 5.92 Å². The second-order valence-electron chi connectivity index (χ2n) is 7.83. The van der Waals surface area contributed by atoms with Gasteiger partial charge in [-0.05, 0) is 37.8 Å². The maximum atomic E-state index is 12.8. The van der Waals surface area contributed by atoms with Crippen LogP contribution in [0.5, 0.6) is 5.75 Å². The normalized spacial score (nSPS) is 18.5. The van der Waals surface area contributed by atoms with Gasteiger partial charge in [-0.25, -0.2) is 8.42 Å². The van der Waals surface area contributed by atoms with E-state index in [-0.39, 0.29) is 61.5 Å². The second kappa shape index (κ2) is 10.1. The van der Waals surface area contributed by atoms with Crippen LogP contribution in [0.3, 0.4) is 0 Å². The lowest BCUT2D eigenvalue weighted by molar-refractivity contribution is -0.274. The molecule has 178 valence electrons. The molecule has 3 rings (SSSR count). The van der Waals surface area contributed by atoms with Gasteiger partial charge in [0.05, 0.1) is 4.90 Å². The van der Waals surface area contributed by atoms with E-state index in [0.717, 1.165) is 42.4 Å². The van der Waals surface area contributed by atoms with Gasteiger partial charge in [-0.1, -0.05) is 6.07 Å². The quantitative estimate of drug-likeness (QED) is 0.649. The number of amides is 2. The number of hydrogen-bond donors (Lipinski definition) is 1. The SMILES string of the molecule is O=C(NCCC(=O)N1CCCC1)C1CCN(S(=O)(=O)c2cccc(OC(F)(F)F)c2)CC1. The zero-order chi connectivity index (χ0) is 23.4. The fraction of sp³-hybridized carbons (Fsp3) is 0.600. The number of sulfonamides is 1. The maximum absolute atomic E-state index is 12.8. The van der Waals surface area contributed by atoms with Gasteiger partial charge in [0.2, 0.25) is 21.8 Å². The summed E-state index contributed by atoms with van der Waals surface area (Å²) < 4.78 is 67.8. The van der Waals surface area contributed by atoms with Crippen LogP contribution in [0.15, 0.2) is 29.2 Å². The van der Waals surface area contributed by atoms with Crippen LogP contribution < -0.4 is 10.1 Å². The van der Waals surface area contributed by atoms with E-state index in [4.69, 9.17) is 0 Å². The monoisotopic (exact) mass is 477 g/mol. The van der Waals surface area contributed by atoms with Crippen LogP contribution in [0.4, 0.5) is 13.2 Å². The third kappa shape index (κ3) is 6.35. The van der Waals surface area contributed by atoms with E-state index in [9.17, 15) is 31.2 Å². The van der Waals surface area contributed by atoms with Crippen molar-refractivity contribution in [3.63, 3.8) is 0 Å². The average Bonchev–Trinajstić information content (AvgIpc) is 3.28. The lowest BCUT2D eigenvalue weighted by Gasteiger charge is -2.30. The van der Waals surface area contributed by atoms with Gasteiger partial charge in [0.25, 0.3) is 0 Å². The molecule has 0 aliphatic carbocycles. The largest absolute Gasteiger partial charge is 0.573 e. The summed E-state index contributed by atoms with van der Waals surface area (Å²) in [6.07, 6.45) is -2.13. The summed E-state index contributed by atoms with van der Waals surface area (Å²) in [4.78, 5) is 25.9. The van der Waals surface area contributed by atoms with E-state index in [0.29, 0.717) is 0 Å². The predicted octanol–water partition coefficient (Wildman–Crippen LogP) is 2.11. The lowest BCUT2D eigenvalue weighted by atomic mass is 9.97. The summed E-state index contributed by atoms with van der Waals surface area (Å²) in [6, 6.07) is 4.24. The van der Waals surface area contributed by atoms with Gasteiger partial charge >= 0.3 is 6.36 Å². The van der Waals surface area contributed by atoms with Gasteiger partial charge in [-0.15, -0.1) is 13.2 Å². The van der Waals surface area contributed by atoms with Gasteiger partial charge < -0.3 is 15.0 Å². The summed E-state index contributed by atoms with van der Waals surface area (Å²) in [6.45, 7) is 1.88. The third-order valence-electron chi connectivity index (χ3n) is 5.60. The number of benzene rings is 1. The molecule has 0 unspecified atom stereocenters. The molecule has 0 radical (unpaired) electrons. The molecule has 0 atom stereocenters. The minimum atomic E-state index is -4.92. The number of alkyl halides is 3. The summed E-state index contributed by atoms with van der Waals surface area (Å²) in [5.74, 6) is -1.21. The van der Waals surface area contributed by atoms with E-state index >= 15 is 0 Å². The number of rotatable bonds is 7. The number of ether oxygens (including phenoxy) is 1. The van der Waals surface area contributed by atoms with Crippen LogP contribution in [0, 0.1) is 5.92 Å². The highest BCUT2D eigenvalue weighted by atomic mass is 32.2. The van der Waals surface area contributed by atoms with Crippen molar-refractivity contribution < 1.29 is 35.9 Å². The second-order valence-corrected chi connectivity index (χ2v) is 9.77. The summed E-state index contributed by atoms with van der Waals surface area (Å²) >= 11 is 0. The summed E-state index contributed by atoms with van der Waals surface area (Å²) in [5, 5.41) is 2.74. The van der Waals surface area contributed by atoms with Gasteiger partial charge in [0.1, 0.15) is 5.75 Å². The molecule has 32 heavy (non-hydrogen) atoms. The van der Waals surface area contributed by atoms with Crippen LogP contribution in [0.2, 0.25) is 0 Å². The molecule has 12 heteroatoms. The molecule has 8 nitrogen and oxygen atoms in total. The highest BCUT2D eigenvalue weighted by Crippen LogP contribution is 2.28. The Hall–Kier alpha value is -2.34. The Morgan fingerprint density at radius 1 is 1.09 bits per heavy atom. The first kappa shape index (κ1) is 24.3. The van der Waals surface area contributed by atoms with Crippen LogP contribution in [0.25, 0.3) is 0 Å². The van der Waals surface area contributed by atoms with E-state index in [1.807, 2.05) is 0 Å². The molecule has 2 amide bonds. The van der Waals surface area contributed by atoms with Crippen molar-refractivity contribution in [2.75, 3.05) is 32.7 Å². The summed E-state index contributed by atoms with van der Waals surface area (Å²) in [7, 11) is -4.02. The number of halogens is 3. The Balaban J connectivity index is 1.49. The van der Waals surface area contributed by atoms with Crippen LogP contribution >= 0.6 is 0 Å². The zero-order valence-electron chi connectivity index (χ0n) is 17.4. The maximum Gasteiger partial charge on any atom is 0.573 e. The van der Waals surface area contributed by atoms with Gasteiger partial charge in [0, 0.05) is 51.1 Å². The molecule has 2 fully saturated rings. The fourth-order valence-corrected chi connectivity index (χ4v) is 5.41. The Morgan fingerprint density at radius 2 is 1.75 bits per heavy atom. The molecule has 2 saturated heterocycles. The van der Waals surface area contributed by atoms with E-state index in [1.165, 1.54) is 12.1 Å². The smallest absolute Gasteiger partial charge is 0.406 e. The first-order valence-electron chi connectivity index (χ1n) is 10.5. The molecule has 1 aromatic carbocycles. The summed E-state index contributed by atoms with van der Waals surface area (Å²) in [5.41, 5.74) is 0. The molecule has 0 spiro atoms. The Kier molecular flexibility index (Phi) is 7.65. The number of hydrogen-bond acceptors (Lipinski definition) is 5. The van der Waals surface area contributed by atoms with Crippen molar-refractivity contribution in [2.45, 2.75) is 43.4 Å². The molecule has 1 aromatic rings. The predicted molar refractivity (Wildman–Crippen MR) is 108 cm³/mol. The number of nitrogens with one attached hydrogen (secondary N) is 1. The number of likely N-dealkylation sites (tertiary alicyclic amines) is 1.